The first kappa shape index (κ1) is 12.6. The zero-order valence-electron chi connectivity index (χ0n) is 8.90. The predicted molar refractivity (Wildman–Crippen MR) is 57.0 cm³/mol. The van der Waals surface area contributed by atoms with E-state index in [-0.39, 0.29) is 16.8 Å². The lowest BCUT2D eigenvalue weighted by Gasteiger charge is -2.12. The molecule has 0 aromatic heterocycles. The lowest BCUT2D eigenvalue weighted by Crippen LogP contribution is -2.23. The Hall–Kier alpha value is -1.43. The normalized spacial score (nSPS) is 13.2. The van der Waals surface area contributed by atoms with Crippen molar-refractivity contribution in [3.63, 3.8) is 0 Å². The maximum Gasteiger partial charge on any atom is 0.332 e. The smallest absolute Gasteiger partial charge is 0.332 e. The molecule has 0 bridgehead atoms. The number of rotatable bonds is 3. The molecule has 1 aromatic rings. The van der Waals surface area contributed by atoms with Crippen molar-refractivity contribution >= 4 is 16.1 Å². The molecule has 4 nitrogen and oxygen atoms in total. The van der Waals surface area contributed by atoms with Gasteiger partial charge in [0, 0.05) is 6.92 Å². The van der Waals surface area contributed by atoms with Crippen molar-refractivity contribution in [3.8, 4) is 0 Å². The highest BCUT2D eigenvalue weighted by molar-refractivity contribution is 7.86. The molecule has 0 saturated heterocycles. The van der Waals surface area contributed by atoms with E-state index in [9.17, 15) is 17.1 Å². The van der Waals surface area contributed by atoms with Crippen LogP contribution in [0.25, 0.3) is 0 Å². The van der Waals surface area contributed by atoms with Gasteiger partial charge in [-0.1, -0.05) is 12.1 Å². The average Bonchev–Trinajstić information content (AvgIpc) is 2.15. The summed E-state index contributed by atoms with van der Waals surface area (Å²) in [6, 6.07) is 5.03. The van der Waals surface area contributed by atoms with Gasteiger partial charge in [0.15, 0.2) is 0 Å². The van der Waals surface area contributed by atoms with E-state index in [0.29, 0.717) is 5.56 Å². The summed E-state index contributed by atoms with van der Waals surface area (Å²) in [6.07, 6.45) is 0. The van der Waals surface area contributed by atoms with E-state index in [2.05, 4.69) is 5.32 Å². The second-order valence-electron chi connectivity index (χ2n) is 3.43. The Bertz CT molecular complexity index is 481. The Balaban J connectivity index is 2.91. The zero-order valence-corrected chi connectivity index (χ0v) is 9.71. The van der Waals surface area contributed by atoms with Crippen molar-refractivity contribution in [2.24, 2.45) is 0 Å². The van der Waals surface area contributed by atoms with Gasteiger partial charge < -0.3 is 5.32 Å². The van der Waals surface area contributed by atoms with Crippen LogP contribution >= 0.6 is 0 Å². The minimum Gasteiger partial charge on any atom is -0.350 e. The molecule has 0 radical (unpaired) electrons. The van der Waals surface area contributed by atoms with Crippen molar-refractivity contribution in [2.75, 3.05) is 0 Å². The Kier molecular flexibility index (Phi) is 3.64. The van der Waals surface area contributed by atoms with Crippen LogP contribution in [0.15, 0.2) is 29.2 Å². The Morgan fingerprint density at radius 2 is 1.81 bits per heavy atom. The van der Waals surface area contributed by atoms with Gasteiger partial charge >= 0.3 is 10.2 Å². The molecule has 1 aromatic carbocycles. The van der Waals surface area contributed by atoms with E-state index in [4.69, 9.17) is 0 Å². The highest BCUT2D eigenvalue weighted by Gasteiger charge is 2.12. The molecule has 88 valence electrons. The first-order valence-electron chi connectivity index (χ1n) is 4.62. The molecule has 0 aliphatic carbocycles. The number of nitrogens with one attached hydrogen (secondary N) is 1. The Morgan fingerprint density at radius 3 is 2.19 bits per heavy atom. The van der Waals surface area contributed by atoms with Crippen LogP contribution < -0.4 is 5.32 Å². The standard InChI is InChI=1S/C10H12FNO3S/c1-7(12-8(2)13)9-3-5-10(6-4-9)16(11,14)15/h3-7H,1-2H3,(H,12,13). The van der Waals surface area contributed by atoms with Gasteiger partial charge in [0.1, 0.15) is 0 Å². The summed E-state index contributed by atoms with van der Waals surface area (Å²) in [4.78, 5) is 10.4. The van der Waals surface area contributed by atoms with E-state index >= 15 is 0 Å². The Morgan fingerprint density at radius 1 is 1.31 bits per heavy atom. The summed E-state index contributed by atoms with van der Waals surface area (Å²) >= 11 is 0. The number of hydrogen-bond acceptors (Lipinski definition) is 3. The van der Waals surface area contributed by atoms with Gasteiger partial charge in [-0.3, -0.25) is 4.79 Å². The van der Waals surface area contributed by atoms with Gasteiger partial charge in [0.05, 0.1) is 10.9 Å². The molecule has 1 atom stereocenters. The summed E-state index contributed by atoms with van der Waals surface area (Å²) in [5.74, 6) is -0.185. The number of halogens is 1. The van der Waals surface area contributed by atoms with Crippen LogP contribution in [-0.2, 0) is 15.0 Å². The number of amides is 1. The van der Waals surface area contributed by atoms with E-state index in [1.165, 1.54) is 31.2 Å². The highest BCUT2D eigenvalue weighted by atomic mass is 32.3. The molecule has 1 N–H and O–H groups in total. The van der Waals surface area contributed by atoms with Crippen LogP contribution in [0.5, 0.6) is 0 Å². The monoisotopic (exact) mass is 245 g/mol. The van der Waals surface area contributed by atoms with Crippen LogP contribution in [0, 0.1) is 0 Å². The van der Waals surface area contributed by atoms with Gasteiger partial charge in [-0.2, -0.15) is 8.42 Å². The van der Waals surface area contributed by atoms with Crippen molar-refractivity contribution in [3.05, 3.63) is 29.8 Å². The summed E-state index contributed by atoms with van der Waals surface area (Å²) in [5, 5.41) is 2.64. The van der Waals surface area contributed by atoms with Crippen LogP contribution in [0.3, 0.4) is 0 Å². The second kappa shape index (κ2) is 4.61. The molecular weight excluding hydrogens is 233 g/mol. The van der Waals surface area contributed by atoms with E-state index in [1.807, 2.05) is 0 Å². The fourth-order valence-electron chi connectivity index (χ4n) is 1.31. The molecular formula is C10H12FNO3S. The largest absolute Gasteiger partial charge is 0.350 e. The van der Waals surface area contributed by atoms with Crippen molar-refractivity contribution in [1.29, 1.82) is 0 Å². The fourth-order valence-corrected chi connectivity index (χ4v) is 1.77. The molecule has 0 fully saturated rings. The molecule has 1 unspecified atom stereocenters. The molecule has 0 aliphatic rings. The lowest BCUT2D eigenvalue weighted by atomic mass is 10.1. The van der Waals surface area contributed by atoms with Gasteiger partial charge in [0.25, 0.3) is 0 Å². The number of carbonyl (C=O) groups excluding carboxylic acids is 1. The quantitative estimate of drug-likeness (QED) is 0.822. The van der Waals surface area contributed by atoms with Gasteiger partial charge in [-0.25, -0.2) is 0 Å². The van der Waals surface area contributed by atoms with Gasteiger partial charge in [-0.15, -0.1) is 3.89 Å². The maximum atomic E-state index is 12.6. The molecule has 0 saturated carbocycles. The topological polar surface area (TPSA) is 63.2 Å². The number of benzene rings is 1. The molecule has 16 heavy (non-hydrogen) atoms. The van der Waals surface area contributed by atoms with E-state index < -0.39 is 10.2 Å². The second-order valence-corrected chi connectivity index (χ2v) is 4.78. The molecule has 0 spiro atoms. The van der Waals surface area contributed by atoms with Gasteiger partial charge in [-0.05, 0) is 24.6 Å². The average molecular weight is 245 g/mol. The van der Waals surface area contributed by atoms with E-state index in [1.54, 1.807) is 6.92 Å². The summed E-state index contributed by atoms with van der Waals surface area (Å²) in [7, 11) is -4.66. The lowest BCUT2D eigenvalue weighted by molar-refractivity contribution is -0.119. The van der Waals surface area contributed by atoms with Gasteiger partial charge in [0.2, 0.25) is 5.91 Å². The summed E-state index contributed by atoms with van der Waals surface area (Å²) in [6.45, 7) is 3.14. The predicted octanol–water partition coefficient (Wildman–Crippen LogP) is 1.54. The number of hydrogen-bond donors (Lipinski definition) is 1. The third kappa shape index (κ3) is 3.30. The summed E-state index contributed by atoms with van der Waals surface area (Å²) in [5.41, 5.74) is 0.711. The van der Waals surface area contributed by atoms with Crippen LogP contribution in [0.2, 0.25) is 0 Å². The molecule has 1 amide bonds. The minimum absolute atomic E-state index is 0.185. The Labute approximate surface area is 93.7 Å². The first-order valence-corrected chi connectivity index (χ1v) is 6.01. The maximum absolute atomic E-state index is 12.6. The third-order valence-corrected chi connectivity index (χ3v) is 2.92. The van der Waals surface area contributed by atoms with Crippen molar-refractivity contribution in [1.82, 2.24) is 5.32 Å². The van der Waals surface area contributed by atoms with E-state index in [0.717, 1.165) is 0 Å². The number of carbonyl (C=O) groups is 1. The zero-order chi connectivity index (χ0) is 12.3. The van der Waals surface area contributed by atoms with Crippen LogP contribution in [0.4, 0.5) is 3.89 Å². The third-order valence-electron chi connectivity index (χ3n) is 2.08. The minimum atomic E-state index is -4.66. The highest BCUT2D eigenvalue weighted by Crippen LogP contribution is 2.17. The van der Waals surface area contributed by atoms with Crippen molar-refractivity contribution in [2.45, 2.75) is 24.8 Å². The van der Waals surface area contributed by atoms with Crippen LogP contribution in [0.1, 0.15) is 25.5 Å². The molecule has 0 aliphatic heterocycles. The SMILES string of the molecule is CC(=O)NC(C)c1ccc(S(=O)(=O)F)cc1. The molecule has 0 heterocycles. The molecule has 1 rings (SSSR count). The molecule has 6 heteroatoms. The first-order chi connectivity index (χ1) is 7.30. The van der Waals surface area contributed by atoms with Crippen LogP contribution in [-0.4, -0.2) is 14.3 Å². The summed E-state index contributed by atoms with van der Waals surface area (Å²) < 4.78 is 33.7. The van der Waals surface area contributed by atoms with Crippen molar-refractivity contribution < 1.29 is 17.1 Å². The fraction of sp³-hybridized carbons (Fsp3) is 0.300.